The van der Waals surface area contributed by atoms with Crippen molar-refractivity contribution >= 4 is 54.4 Å². The van der Waals surface area contributed by atoms with Crippen molar-refractivity contribution in [2.75, 3.05) is 0 Å². The SMILES string of the molecule is c1ccc(C2(c3ccccc3)c3ccccc3-c3cc4c(-c5ccc(-c6ccc(-c7ccnc8c7ccc7cccnc78)c7cccnc67)cc5)nc5ccccc5c4cc32)cc1. The summed E-state index contributed by atoms with van der Waals surface area (Å²) < 4.78 is 0. The van der Waals surface area contributed by atoms with Crippen LogP contribution < -0.4 is 0 Å². The molecule has 4 heteroatoms. The molecule has 0 fully saturated rings. The standard InChI is InChI=1S/C59H36N4/c1-3-14-40(15-4-1)59(41-16-5-2-6-17-41)52-21-9-7-18-45(52)50-35-51-49(36-53(50)59)46-19-8-10-22-54(46)63-55(51)39-25-23-37(24-26-39)42-29-30-43(47-20-12-33-61-57(42)47)44-31-34-62-58-48(44)28-27-38-13-11-32-60-56(38)58/h1-36H. The first-order valence-electron chi connectivity index (χ1n) is 21.4. The van der Waals surface area contributed by atoms with Gasteiger partial charge in [-0.15, -0.1) is 0 Å². The van der Waals surface area contributed by atoms with Gasteiger partial charge in [-0.1, -0.05) is 164 Å². The summed E-state index contributed by atoms with van der Waals surface area (Å²) in [6.07, 6.45) is 5.61. The minimum atomic E-state index is -0.489. The van der Waals surface area contributed by atoms with E-state index in [1.165, 1.54) is 38.8 Å². The van der Waals surface area contributed by atoms with Crippen LogP contribution in [0.2, 0.25) is 0 Å². The van der Waals surface area contributed by atoms with Gasteiger partial charge in [0.15, 0.2) is 0 Å². The molecular weight excluding hydrogens is 765 g/mol. The Kier molecular flexibility index (Phi) is 7.79. The zero-order valence-corrected chi connectivity index (χ0v) is 34.1. The summed E-state index contributed by atoms with van der Waals surface area (Å²) in [6, 6.07) is 72.4. The van der Waals surface area contributed by atoms with Gasteiger partial charge in [0.2, 0.25) is 0 Å². The van der Waals surface area contributed by atoms with Crippen LogP contribution in [0.1, 0.15) is 22.3 Å². The Balaban J connectivity index is 0.981. The largest absolute Gasteiger partial charge is 0.256 e. The van der Waals surface area contributed by atoms with Crippen molar-refractivity contribution in [3.63, 3.8) is 0 Å². The van der Waals surface area contributed by atoms with E-state index in [0.717, 1.165) is 82.5 Å². The smallest absolute Gasteiger partial charge is 0.0970 e. The number of hydrogen-bond acceptors (Lipinski definition) is 4. The van der Waals surface area contributed by atoms with Crippen LogP contribution in [0.15, 0.2) is 219 Å². The highest BCUT2D eigenvalue weighted by Crippen LogP contribution is 2.57. The first-order valence-corrected chi connectivity index (χ1v) is 21.4. The van der Waals surface area contributed by atoms with Crippen LogP contribution in [0.4, 0.5) is 0 Å². The molecule has 0 radical (unpaired) electrons. The first-order chi connectivity index (χ1) is 31.3. The van der Waals surface area contributed by atoms with Crippen LogP contribution in [0.5, 0.6) is 0 Å². The normalized spacial score (nSPS) is 12.9. The Morgan fingerprint density at radius 3 is 1.78 bits per heavy atom. The number of aromatic nitrogens is 4. The third-order valence-corrected chi connectivity index (χ3v) is 13.3. The fraction of sp³-hybridized carbons (Fsp3) is 0.0169. The summed E-state index contributed by atoms with van der Waals surface area (Å²) in [7, 11) is 0. The van der Waals surface area contributed by atoms with Crippen molar-refractivity contribution in [2.24, 2.45) is 0 Å². The fourth-order valence-corrected chi connectivity index (χ4v) is 10.5. The molecule has 0 aliphatic heterocycles. The highest BCUT2D eigenvalue weighted by molar-refractivity contribution is 6.15. The zero-order valence-electron chi connectivity index (χ0n) is 34.1. The highest BCUT2D eigenvalue weighted by atomic mass is 14.7. The van der Waals surface area contributed by atoms with Crippen molar-refractivity contribution < 1.29 is 0 Å². The lowest BCUT2D eigenvalue weighted by atomic mass is 9.67. The van der Waals surface area contributed by atoms with E-state index in [4.69, 9.17) is 19.9 Å². The number of rotatable bonds is 5. The fourth-order valence-electron chi connectivity index (χ4n) is 10.5. The van der Waals surface area contributed by atoms with Crippen molar-refractivity contribution in [2.45, 2.75) is 5.41 Å². The highest BCUT2D eigenvalue weighted by Gasteiger charge is 2.46. The lowest BCUT2D eigenvalue weighted by Crippen LogP contribution is -2.28. The number of nitrogens with zero attached hydrogens (tertiary/aromatic N) is 4. The molecule has 0 saturated carbocycles. The molecule has 0 atom stereocenters. The third-order valence-electron chi connectivity index (χ3n) is 13.3. The number of para-hydroxylation sites is 1. The number of benzene rings is 8. The Morgan fingerprint density at radius 2 is 0.952 bits per heavy atom. The number of fused-ring (bicyclic) bond motifs is 10. The molecule has 13 rings (SSSR count). The van der Waals surface area contributed by atoms with E-state index in [-0.39, 0.29) is 0 Å². The van der Waals surface area contributed by atoms with E-state index in [0.29, 0.717) is 0 Å². The lowest BCUT2D eigenvalue weighted by molar-refractivity contribution is 0.769. The van der Waals surface area contributed by atoms with Gasteiger partial charge in [0, 0.05) is 56.6 Å². The van der Waals surface area contributed by atoms with E-state index < -0.39 is 5.41 Å². The van der Waals surface area contributed by atoms with E-state index in [1.54, 1.807) is 0 Å². The second kappa shape index (κ2) is 13.8. The van der Waals surface area contributed by atoms with Crippen LogP contribution in [-0.4, -0.2) is 19.9 Å². The van der Waals surface area contributed by atoms with Gasteiger partial charge in [-0.25, -0.2) is 4.98 Å². The summed E-state index contributed by atoms with van der Waals surface area (Å²) in [5, 5.41) is 6.71. The topological polar surface area (TPSA) is 51.6 Å². The van der Waals surface area contributed by atoms with Crippen molar-refractivity contribution in [1.82, 2.24) is 19.9 Å². The average Bonchev–Trinajstić information content (AvgIpc) is 3.65. The molecule has 4 heterocycles. The van der Waals surface area contributed by atoms with E-state index in [9.17, 15) is 0 Å². The van der Waals surface area contributed by atoms with Gasteiger partial charge < -0.3 is 0 Å². The summed E-state index contributed by atoms with van der Waals surface area (Å²) >= 11 is 0. The molecule has 4 nitrogen and oxygen atoms in total. The summed E-state index contributed by atoms with van der Waals surface area (Å²) in [5.74, 6) is 0. The van der Waals surface area contributed by atoms with E-state index >= 15 is 0 Å². The molecule has 0 spiro atoms. The van der Waals surface area contributed by atoms with E-state index in [2.05, 4.69) is 188 Å². The Labute approximate surface area is 363 Å². The maximum absolute atomic E-state index is 5.43. The first kappa shape index (κ1) is 35.4. The van der Waals surface area contributed by atoms with Gasteiger partial charge in [-0.3, -0.25) is 15.0 Å². The second-order valence-electron chi connectivity index (χ2n) is 16.5. The molecular formula is C59H36N4. The van der Waals surface area contributed by atoms with Crippen LogP contribution in [0.3, 0.4) is 0 Å². The van der Waals surface area contributed by atoms with Gasteiger partial charge >= 0.3 is 0 Å². The predicted octanol–water partition coefficient (Wildman–Crippen LogP) is 14.4. The monoisotopic (exact) mass is 800 g/mol. The Hall–Kier alpha value is -8.34. The van der Waals surface area contributed by atoms with Crippen LogP contribution in [0.25, 0.3) is 99.0 Å². The van der Waals surface area contributed by atoms with Crippen LogP contribution in [-0.2, 0) is 5.41 Å². The molecule has 0 saturated heterocycles. The van der Waals surface area contributed by atoms with E-state index in [1.807, 2.05) is 30.7 Å². The maximum Gasteiger partial charge on any atom is 0.0970 e. The molecule has 0 unspecified atom stereocenters. The Bertz CT molecular complexity index is 3750. The lowest BCUT2D eigenvalue weighted by Gasteiger charge is -2.34. The van der Waals surface area contributed by atoms with Crippen LogP contribution in [0, 0.1) is 0 Å². The molecule has 1 aliphatic rings. The molecule has 0 amide bonds. The molecule has 63 heavy (non-hydrogen) atoms. The summed E-state index contributed by atoms with van der Waals surface area (Å²) in [4.78, 5) is 19.9. The van der Waals surface area contributed by atoms with Crippen LogP contribution >= 0.6 is 0 Å². The predicted molar refractivity (Wildman–Crippen MR) is 259 cm³/mol. The average molecular weight is 801 g/mol. The Morgan fingerprint density at radius 1 is 0.317 bits per heavy atom. The summed E-state index contributed by atoms with van der Waals surface area (Å²) in [5.41, 5.74) is 17.3. The van der Waals surface area contributed by atoms with Gasteiger partial charge in [-0.2, -0.15) is 0 Å². The van der Waals surface area contributed by atoms with Crippen molar-refractivity contribution in [1.29, 1.82) is 0 Å². The van der Waals surface area contributed by atoms with Gasteiger partial charge in [-0.05, 0) is 91.9 Å². The quantitative estimate of drug-likeness (QED) is 0.163. The molecule has 12 aromatic rings. The van der Waals surface area contributed by atoms with Gasteiger partial charge in [0.1, 0.15) is 0 Å². The maximum atomic E-state index is 5.43. The minimum Gasteiger partial charge on any atom is -0.256 e. The molecule has 1 aliphatic carbocycles. The molecule has 4 aromatic heterocycles. The summed E-state index contributed by atoms with van der Waals surface area (Å²) in [6.45, 7) is 0. The van der Waals surface area contributed by atoms with Gasteiger partial charge in [0.05, 0.1) is 33.2 Å². The van der Waals surface area contributed by atoms with Gasteiger partial charge in [0.25, 0.3) is 0 Å². The second-order valence-corrected chi connectivity index (χ2v) is 16.5. The third kappa shape index (κ3) is 5.22. The zero-order chi connectivity index (χ0) is 41.5. The molecule has 0 N–H and O–H groups in total. The molecule has 292 valence electrons. The minimum absolute atomic E-state index is 0.489. The molecule has 0 bridgehead atoms. The molecule has 8 aromatic carbocycles. The van der Waals surface area contributed by atoms with Crippen molar-refractivity contribution in [3.05, 3.63) is 241 Å². The number of pyridine rings is 4. The van der Waals surface area contributed by atoms with Crippen molar-refractivity contribution in [3.8, 4) is 44.6 Å². The number of hydrogen-bond donors (Lipinski definition) is 0.